The quantitative estimate of drug-likeness (QED) is 0.790. The minimum Gasteiger partial charge on any atom is -0.399 e. The molecule has 0 saturated carbocycles. The fourth-order valence-electron chi connectivity index (χ4n) is 2.19. The van der Waals surface area contributed by atoms with Gasteiger partial charge < -0.3 is 9.31 Å². The summed E-state index contributed by atoms with van der Waals surface area (Å²) in [5.74, 6) is 2.26. The summed E-state index contributed by atoms with van der Waals surface area (Å²) in [6.07, 6.45) is 0.778. The minimum atomic E-state index is -0.317. The van der Waals surface area contributed by atoms with Crippen molar-refractivity contribution in [1.82, 2.24) is 0 Å². The lowest BCUT2D eigenvalue weighted by atomic mass is 9.50. The Kier molecular flexibility index (Phi) is 4.00. The molecule has 104 valence electrons. The van der Waals surface area contributed by atoms with E-state index in [1.54, 1.807) is 0 Å². The van der Waals surface area contributed by atoms with Gasteiger partial charge in [0.1, 0.15) is 0 Å². The molecule has 1 heterocycles. The molecule has 1 aromatic rings. The molecule has 0 N–H and O–H groups in total. The third-order valence-electron chi connectivity index (χ3n) is 4.27. The van der Waals surface area contributed by atoms with Crippen molar-refractivity contribution in [3.63, 3.8) is 0 Å². The molecule has 0 aliphatic carbocycles. The molecule has 0 spiro atoms. The van der Waals surface area contributed by atoms with Crippen LogP contribution in [0.15, 0.2) is 24.3 Å². The summed E-state index contributed by atoms with van der Waals surface area (Å²) in [4.78, 5) is 0. The summed E-state index contributed by atoms with van der Waals surface area (Å²) in [6, 6.07) is 8.16. The molecule has 0 bridgehead atoms. The molecule has 20 heavy (non-hydrogen) atoms. The van der Waals surface area contributed by atoms with E-state index in [0.29, 0.717) is 0 Å². The van der Waals surface area contributed by atoms with E-state index in [2.05, 4.69) is 33.7 Å². The van der Waals surface area contributed by atoms with Crippen LogP contribution in [0.2, 0.25) is 6.82 Å². The van der Waals surface area contributed by atoms with Crippen molar-refractivity contribution in [1.29, 1.82) is 5.26 Å². The van der Waals surface area contributed by atoms with Gasteiger partial charge >= 0.3 is 7.12 Å². The van der Waals surface area contributed by atoms with Crippen LogP contribution in [0.3, 0.4) is 0 Å². The summed E-state index contributed by atoms with van der Waals surface area (Å²) in [5.41, 5.74) is 1.56. The van der Waals surface area contributed by atoms with Crippen LogP contribution in [-0.2, 0) is 15.6 Å². The molecule has 1 fully saturated rings. The molecule has 0 atom stereocenters. The van der Waals surface area contributed by atoms with Crippen molar-refractivity contribution in [2.45, 2.75) is 52.0 Å². The van der Waals surface area contributed by atoms with E-state index < -0.39 is 0 Å². The molecule has 0 aromatic heterocycles. The number of nitriles is 1. The number of hydrogen-bond donors (Lipinski definition) is 0. The SMILES string of the molecule is CB(C#N)Cc1ccc(B2OC(C)(C)C(C)(C)O2)cc1. The molecule has 0 amide bonds. The molecule has 0 radical (unpaired) electrons. The molecule has 1 saturated heterocycles. The first kappa shape index (κ1) is 15.2. The van der Waals surface area contributed by atoms with Crippen LogP contribution in [0.25, 0.3) is 0 Å². The van der Waals surface area contributed by atoms with Gasteiger partial charge in [-0.05, 0) is 39.5 Å². The monoisotopic (exact) mass is 269 g/mol. The standard InChI is InChI=1S/C15H21B2NO2/c1-14(2)15(3,4)20-17(19-14)13-8-6-12(7-9-13)10-16(5)11-18/h6-9H,10H2,1-5H3. The predicted molar refractivity (Wildman–Crippen MR) is 83.1 cm³/mol. The Balaban J connectivity index is 2.11. The molecule has 2 rings (SSSR count). The highest BCUT2D eigenvalue weighted by Gasteiger charge is 2.51. The van der Waals surface area contributed by atoms with Gasteiger partial charge in [-0.15, -0.1) is 0 Å². The first-order chi connectivity index (χ1) is 9.25. The van der Waals surface area contributed by atoms with Gasteiger partial charge in [0, 0.05) is 5.97 Å². The lowest BCUT2D eigenvalue weighted by molar-refractivity contribution is 0.00578. The molecular formula is C15H21B2NO2. The molecule has 1 aromatic carbocycles. The van der Waals surface area contributed by atoms with Crippen LogP contribution in [-0.4, -0.2) is 25.0 Å². The van der Waals surface area contributed by atoms with E-state index in [4.69, 9.17) is 14.6 Å². The second-order valence-corrected chi connectivity index (χ2v) is 6.56. The second kappa shape index (κ2) is 5.27. The molecule has 1 aliphatic heterocycles. The summed E-state index contributed by atoms with van der Waals surface area (Å²) in [6.45, 7) is 10.2. The Hall–Kier alpha value is -1.24. The largest absolute Gasteiger partial charge is 0.494 e. The second-order valence-electron chi connectivity index (χ2n) is 6.56. The van der Waals surface area contributed by atoms with Gasteiger partial charge in [0.2, 0.25) is 0 Å². The Bertz CT molecular complexity index is 504. The van der Waals surface area contributed by atoms with E-state index in [-0.39, 0.29) is 25.0 Å². The minimum absolute atomic E-state index is 0.0395. The Morgan fingerprint density at radius 2 is 1.60 bits per heavy atom. The lowest BCUT2D eigenvalue weighted by Crippen LogP contribution is -2.41. The number of nitrogens with zero attached hydrogens (tertiary/aromatic N) is 1. The van der Waals surface area contributed by atoms with E-state index >= 15 is 0 Å². The number of benzene rings is 1. The van der Waals surface area contributed by atoms with Gasteiger partial charge in [0.05, 0.1) is 11.2 Å². The van der Waals surface area contributed by atoms with Crippen molar-refractivity contribution >= 4 is 19.3 Å². The first-order valence-electron chi connectivity index (χ1n) is 7.09. The molecule has 5 heteroatoms. The van der Waals surface area contributed by atoms with Crippen molar-refractivity contribution < 1.29 is 9.31 Å². The van der Waals surface area contributed by atoms with Gasteiger partial charge in [0.15, 0.2) is 0 Å². The van der Waals surface area contributed by atoms with E-state index in [0.717, 1.165) is 11.8 Å². The summed E-state index contributed by atoms with van der Waals surface area (Å²) < 4.78 is 12.0. The average molecular weight is 269 g/mol. The summed E-state index contributed by atoms with van der Waals surface area (Å²) in [5, 5.41) is 8.85. The summed E-state index contributed by atoms with van der Waals surface area (Å²) in [7, 11) is -0.317. The molecule has 3 nitrogen and oxygen atoms in total. The van der Waals surface area contributed by atoms with Crippen molar-refractivity contribution in [2.24, 2.45) is 0 Å². The van der Waals surface area contributed by atoms with Crippen molar-refractivity contribution in [3.05, 3.63) is 29.8 Å². The summed E-state index contributed by atoms with van der Waals surface area (Å²) >= 11 is 0. The fourth-order valence-corrected chi connectivity index (χ4v) is 2.19. The Morgan fingerprint density at radius 1 is 1.10 bits per heavy atom. The van der Waals surface area contributed by atoms with E-state index in [9.17, 15) is 0 Å². The van der Waals surface area contributed by atoms with Crippen LogP contribution < -0.4 is 5.46 Å². The van der Waals surface area contributed by atoms with E-state index in [1.807, 2.05) is 31.1 Å². The highest BCUT2D eigenvalue weighted by atomic mass is 16.7. The molecule has 1 aliphatic rings. The van der Waals surface area contributed by atoms with E-state index in [1.165, 1.54) is 5.56 Å². The molecular weight excluding hydrogens is 248 g/mol. The van der Waals surface area contributed by atoms with Crippen LogP contribution in [0, 0.1) is 11.2 Å². The predicted octanol–water partition coefficient (Wildman–Crippen LogP) is 2.25. The molecule has 0 unspecified atom stereocenters. The Labute approximate surface area is 122 Å². The zero-order valence-electron chi connectivity index (χ0n) is 12.9. The topological polar surface area (TPSA) is 42.2 Å². The van der Waals surface area contributed by atoms with Gasteiger partial charge in [-0.25, -0.2) is 5.26 Å². The van der Waals surface area contributed by atoms with Crippen molar-refractivity contribution in [3.8, 4) is 5.97 Å². The lowest BCUT2D eigenvalue weighted by Gasteiger charge is -2.32. The number of rotatable bonds is 3. The third-order valence-corrected chi connectivity index (χ3v) is 4.27. The first-order valence-corrected chi connectivity index (χ1v) is 7.09. The van der Waals surface area contributed by atoms with Crippen LogP contribution in [0.4, 0.5) is 0 Å². The van der Waals surface area contributed by atoms with Gasteiger partial charge in [-0.2, -0.15) is 0 Å². The van der Waals surface area contributed by atoms with Gasteiger partial charge in [-0.3, -0.25) is 0 Å². The zero-order chi connectivity index (χ0) is 15.0. The number of hydrogen-bond acceptors (Lipinski definition) is 3. The van der Waals surface area contributed by atoms with Crippen LogP contribution in [0.5, 0.6) is 0 Å². The maximum absolute atomic E-state index is 8.85. The zero-order valence-corrected chi connectivity index (χ0v) is 12.9. The maximum Gasteiger partial charge on any atom is 0.494 e. The average Bonchev–Trinajstić information content (AvgIpc) is 2.59. The fraction of sp³-hybridized carbons (Fsp3) is 0.533. The smallest absolute Gasteiger partial charge is 0.399 e. The van der Waals surface area contributed by atoms with Crippen LogP contribution >= 0.6 is 0 Å². The Morgan fingerprint density at radius 3 is 2.05 bits per heavy atom. The van der Waals surface area contributed by atoms with Crippen LogP contribution in [0.1, 0.15) is 33.3 Å². The maximum atomic E-state index is 8.85. The highest BCUT2D eigenvalue weighted by Crippen LogP contribution is 2.36. The van der Waals surface area contributed by atoms with Gasteiger partial charge in [-0.1, -0.05) is 36.7 Å². The third kappa shape index (κ3) is 2.92. The highest BCUT2D eigenvalue weighted by molar-refractivity contribution is 6.65. The van der Waals surface area contributed by atoms with Crippen molar-refractivity contribution in [2.75, 3.05) is 0 Å². The van der Waals surface area contributed by atoms with Gasteiger partial charge in [0.25, 0.3) is 6.71 Å². The normalized spacial score (nSPS) is 19.7.